The van der Waals surface area contributed by atoms with Gasteiger partial charge in [0.25, 0.3) is 11.4 Å². The number of hydrogen-bond donors (Lipinski definition) is 2. The minimum absolute atomic E-state index is 0. The molecule has 2 aromatic rings. The van der Waals surface area contributed by atoms with Gasteiger partial charge in [-0.25, -0.2) is 0 Å². The fourth-order valence-corrected chi connectivity index (χ4v) is 3.49. The maximum Gasteiger partial charge on any atom is 2.00 e. The van der Waals surface area contributed by atoms with Gasteiger partial charge in [-0.1, -0.05) is 64.7 Å². The number of nitrogens with zero attached hydrogens (tertiary/aromatic N) is 4. The molecular formula is C28H28Cl2MgN4O8. The van der Waals surface area contributed by atoms with Gasteiger partial charge in [0.2, 0.25) is 0 Å². The van der Waals surface area contributed by atoms with Crippen molar-refractivity contribution in [1.29, 1.82) is 10.5 Å². The SMILES string of the molecule is CC(C)(C)C(=O)C(C#N)=C(O)c1ccc(Cl)cc1[N+](=O)[O-].CC(C)(C)C(=O)C(C#N)=C(O)c1ccc(Cl)cc1[N+](=O)[O-].[H-].[H-].[Mg+2]. The average Bonchev–Trinajstić information content (AvgIpc) is 2.88. The molecule has 0 fully saturated rings. The van der Waals surface area contributed by atoms with E-state index in [4.69, 9.17) is 33.7 Å². The molecule has 0 saturated heterocycles. The van der Waals surface area contributed by atoms with Gasteiger partial charge in [0.1, 0.15) is 23.3 Å². The summed E-state index contributed by atoms with van der Waals surface area (Å²) in [6.45, 7) is 9.48. The van der Waals surface area contributed by atoms with Crippen LogP contribution in [0.2, 0.25) is 10.0 Å². The summed E-state index contributed by atoms with van der Waals surface area (Å²) in [4.78, 5) is 44.8. The van der Waals surface area contributed by atoms with E-state index < -0.39 is 66.3 Å². The van der Waals surface area contributed by atoms with E-state index in [0.29, 0.717) is 0 Å². The first-order valence-electron chi connectivity index (χ1n) is 11.8. The molecule has 2 rings (SSSR count). The number of aliphatic hydroxyl groups is 2. The monoisotopic (exact) mass is 642 g/mol. The average molecular weight is 644 g/mol. The van der Waals surface area contributed by atoms with E-state index in [0.717, 1.165) is 12.1 Å². The maximum atomic E-state index is 12.1. The molecule has 0 spiro atoms. The Bertz CT molecular complexity index is 1500. The molecule has 0 saturated carbocycles. The number of nitriles is 2. The molecule has 0 aliphatic carbocycles. The molecule has 43 heavy (non-hydrogen) atoms. The molecule has 0 aliphatic heterocycles. The first-order valence-corrected chi connectivity index (χ1v) is 12.6. The summed E-state index contributed by atoms with van der Waals surface area (Å²) in [6.07, 6.45) is 0. The Morgan fingerprint density at radius 3 is 1.23 bits per heavy atom. The van der Waals surface area contributed by atoms with Gasteiger partial charge < -0.3 is 13.1 Å². The second-order valence-electron chi connectivity index (χ2n) is 10.7. The van der Waals surface area contributed by atoms with Gasteiger partial charge >= 0.3 is 23.1 Å². The van der Waals surface area contributed by atoms with Crippen LogP contribution in [0.3, 0.4) is 0 Å². The number of nitro groups is 2. The summed E-state index contributed by atoms with van der Waals surface area (Å²) in [5, 5.41) is 60.7. The van der Waals surface area contributed by atoms with Crippen LogP contribution in [0.1, 0.15) is 55.5 Å². The number of nitro benzene ring substituents is 2. The molecule has 0 amide bonds. The second-order valence-corrected chi connectivity index (χ2v) is 11.5. The van der Waals surface area contributed by atoms with Crippen molar-refractivity contribution in [2.24, 2.45) is 10.8 Å². The van der Waals surface area contributed by atoms with Crippen LogP contribution in [0.15, 0.2) is 47.5 Å². The Balaban J connectivity index is -0.000000735. The minimum atomic E-state index is -0.903. The molecule has 2 aromatic carbocycles. The standard InChI is InChI=1S/2C14H13ClN2O4.Mg.2H/c2*1-14(2,3)13(19)10(7-16)12(18)9-5-4-8(15)6-11(9)17(20)21;;;/h2*4-6,18H,1-3H3;;;/q;;+2;2*-1. The van der Waals surface area contributed by atoms with Crippen molar-refractivity contribution in [3.8, 4) is 12.1 Å². The molecule has 0 heterocycles. The molecule has 12 nitrogen and oxygen atoms in total. The quantitative estimate of drug-likeness (QED) is 0.0810. The van der Waals surface area contributed by atoms with Gasteiger partial charge in [0.15, 0.2) is 23.1 Å². The molecule has 2 N–H and O–H groups in total. The largest absolute Gasteiger partial charge is 2.00 e. The zero-order valence-electron chi connectivity index (χ0n) is 26.1. The smallest absolute Gasteiger partial charge is 1.00 e. The predicted octanol–water partition coefficient (Wildman–Crippen LogP) is 7.16. The number of Topliss-reactive ketones (excluding diaryl/α,β-unsaturated/α-hetero) is 2. The van der Waals surface area contributed by atoms with Gasteiger partial charge in [-0.3, -0.25) is 29.8 Å². The summed E-state index contributed by atoms with van der Waals surface area (Å²) in [5.74, 6) is -2.65. The van der Waals surface area contributed by atoms with Gasteiger partial charge in [-0.15, -0.1) is 0 Å². The summed E-state index contributed by atoms with van der Waals surface area (Å²) in [7, 11) is 0. The van der Waals surface area contributed by atoms with Crippen LogP contribution in [0.5, 0.6) is 0 Å². The fourth-order valence-electron chi connectivity index (χ4n) is 3.15. The number of aliphatic hydroxyl groups excluding tert-OH is 2. The summed E-state index contributed by atoms with van der Waals surface area (Å²) >= 11 is 11.4. The number of carbonyl (C=O) groups is 2. The number of rotatable bonds is 6. The van der Waals surface area contributed by atoms with Crippen molar-refractivity contribution in [3.63, 3.8) is 0 Å². The molecule has 15 heteroatoms. The van der Waals surface area contributed by atoms with Crippen LogP contribution in [0.25, 0.3) is 11.5 Å². The van der Waals surface area contributed by atoms with Gasteiger partial charge in [-0.2, -0.15) is 10.5 Å². The number of allylic oxidation sites excluding steroid dienone is 2. The zero-order chi connectivity index (χ0) is 32.7. The Hall–Kier alpha value is -4.01. The van der Waals surface area contributed by atoms with E-state index in [1.165, 1.54) is 24.3 Å². The third kappa shape index (κ3) is 10.0. The van der Waals surface area contributed by atoms with Crippen molar-refractivity contribution in [2.75, 3.05) is 0 Å². The third-order valence-electron chi connectivity index (χ3n) is 5.34. The van der Waals surface area contributed by atoms with E-state index >= 15 is 0 Å². The molecule has 0 radical (unpaired) electrons. The van der Waals surface area contributed by atoms with E-state index in [9.17, 15) is 40.0 Å². The van der Waals surface area contributed by atoms with Gasteiger partial charge in [-0.05, 0) is 24.3 Å². The van der Waals surface area contributed by atoms with Gasteiger partial charge in [0.05, 0.1) is 21.0 Å². The molecule has 224 valence electrons. The van der Waals surface area contributed by atoms with Crippen LogP contribution in [-0.4, -0.2) is 54.7 Å². The molecule has 0 aliphatic rings. The van der Waals surface area contributed by atoms with Crippen molar-refractivity contribution >= 4 is 80.7 Å². The molecule has 0 bridgehead atoms. The molecule has 0 atom stereocenters. The normalized spacial score (nSPS) is 12.0. The van der Waals surface area contributed by atoms with Gasteiger partial charge in [0, 0.05) is 33.0 Å². The van der Waals surface area contributed by atoms with Crippen LogP contribution >= 0.6 is 23.2 Å². The number of ketones is 2. The van der Waals surface area contributed by atoms with Crippen molar-refractivity contribution < 1.29 is 32.5 Å². The topological polar surface area (TPSA) is 208 Å². The van der Waals surface area contributed by atoms with Crippen molar-refractivity contribution in [2.45, 2.75) is 41.5 Å². The zero-order valence-corrected chi connectivity index (χ0v) is 27.0. The maximum absolute atomic E-state index is 12.1. The van der Waals surface area contributed by atoms with Crippen LogP contribution in [0, 0.1) is 53.7 Å². The number of hydrogen-bond acceptors (Lipinski definition) is 10. The van der Waals surface area contributed by atoms with Crippen LogP contribution in [-0.2, 0) is 9.59 Å². The first kappa shape index (κ1) is 39.0. The van der Waals surface area contributed by atoms with E-state index in [1.807, 2.05) is 0 Å². The third-order valence-corrected chi connectivity index (χ3v) is 5.81. The number of benzene rings is 2. The molecular weight excluding hydrogens is 616 g/mol. The fraction of sp³-hybridized carbons (Fsp3) is 0.286. The first-order chi connectivity index (χ1) is 19.2. The Morgan fingerprint density at radius 1 is 0.744 bits per heavy atom. The Labute approximate surface area is 276 Å². The van der Waals surface area contributed by atoms with E-state index in [1.54, 1.807) is 53.7 Å². The van der Waals surface area contributed by atoms with Crippen molar-refractivity contribution in [1.82, 2.24) is 0 Å². The van der Waals surface area contributed by atoms with E-state index in [2.05, 4.69) is 0 Å². The summed E-state index contributed by atoms with van der Waals surface area (Å²) < 4.78 is 0. The van der Waals surface area contributed by atoms with E-state index in [-0.39, 0.29) is 47.1 Å². The summed E-state index contributed by atoms with van der Waals surface area (Å²) in [6, 6.07) is 10.4. The Morgan fingerprint density at radius 2 is 1.02 bits per heavy atom. The van der Waals surface area contributed by atoms with Crippen LogP contribution < -0.4 is 0 Å². The van der Waals surface area contributed by atoms with Crippen molar-refractivity contribution in [3.05, 3.63) is 88.9 Å². The predicted molar refractivity (Wildman–Crippen MR) is 163 cm³/mol. The second kappa shape index (κ2) is 15.5. The van der Waals surface area contributed by atoms with Crippen LogP contribution in [0.4, 0.5) is 11.4 Å². The number of halogens is 2. The summed E-state index contributed by atoms with van der Waals surface area (Å²) in [5.41, 5.74) is -4.25. The molecule has 0 unspecified atom stereocenters. The molecule has 0 aromatic heterocycles. The Kier molecular flexibility index (Phi) is 14.0. The number of carbonyl (C=O) groups excluding carboxylic acids is 2. The minimum Gasteiger partial charge on any atom is -1.00 e.